The minimum atomic E-state index is -1.42. The maximum atomic E-state index is 12.6. The van der Waals surface area contributed by atoms with Crippen molar-refractivity contribution in [3.05, 3.63) is 99.9 Å². The second-order valence-corrected chi connectivity index (χ2v) is 12.5. The molecule has 1 atom stereocenters. The number of nitrogens with zero attached hydrogens (tertiary/aromatic N) is 2. The molecular weight excluding hydrogens is 531 g/mol. The van der Waals surface area contributed by atoms with Crippen LogP contribution in [0.25, 0.3) is 22.1 Å². The normalized spacial score (nSPS) is 13.8. The van der Waals surface area contributed by atoms with E-state index in [-0.39, 0.29) is 30.2 Å². The van der Waals surface area contributed by atoms with Gasteiger partial charge in [-0.2, -0.15) is 0 Å². The molecule has 1 aromatic heterocycles. The Kier molecular flexibility index (Phi) is 9.25. The molecule has 0 aliphatic heterocycles. The van der Waals surface area contributed by atoms with Crippen LogP contribution < -0.4 is 10.5 Å². The maximum Gasteiger partial charge on any atom is 0.336 e. The predicted octanol–water partition coefficient (Wildman–Crippen LogP) is 8.33. The van der Waals surface area contributed by atoms with Gasteiger partial charge in [-0.15, -0.1) is 0 Å². The average Bonchev–Trinajstić information content (AvgIpc) is 3.28. The summed E-state index contributed by atoms with van der Waals surface area (Å²) in [5.74, 6) is 0.139. The van der Waals surface area contributed by atoms with Crippen molar-refractivity contribution >= 4 is 25.2 Å². The lowest BCUT2D eigenvalue weighted by atomic mass is 9.98. The SMILES string of the molecule is CCN(CC)c1ccc2c(COP(OCC3c4ccccc4-c4ccccc43)N(C(C)C)C(C)C)cc(=O)oc2c1. The molecule has 0 N–H and O–H groups in total. The van der Waals surface area contributed by atoms with Gasteiger partial charge in [-0.05, 0) is 81.5 Å². The highest BCUT2D eigenvalue weighted by molar-refractivity contribution is 7.44. The summed E-state index contributed by atoms with van der Waals surface area (Å²) in [6, 6.07) is 25.3. The first-order chi connectivity index (χ1) is 19.8. The fourth-order valence-electron chi connectivity index (χ4n) is 5.97. The van der Waals surface area contributed by atoms with Crippen LogP contribution in [0.1, 0.15) is 64.2 Å². The van der Waals surface area contributed by atoms with Crippen molar-refractivity contribution in [1.82, 2.24) is 4.67 Å². The lowest BCUT2D eigenvalue weighted by molar-refractivity contribution is 0.167. The second-order valence-electron chi connectivity index (χ2n) is 11.0. The fraction of sp³-hybridized carbons (Fsp3) is 0.382. The van der Waals surface area contributed by atoms with Crippen LogP contribution in [0.4, 0.5) is 5.69 Å². The first-order valence-electron chi connectivity index (χ1n) is 14.7. The number of rotatable bonds is 12. The van der Waals surface area contributed by atoms with E-state index in [4.69, 9.17) is 13.5 Å². The lowest BCUT2D eigenvalue weighted by Gasteiger charge is -2.36. The Bertz CT molecular complexity index is 1490. The highest BCUT2D eigenvalue weighted by Gasteiger charge is 2.32. The van der Waals surface area contributed by atoms with Gasteiger partial charge in [0.1, 0.15) is 5.58 Å². The number of anilines is 1. The van der Waals surface area contributed by atoms with Gasteiger partial charge in [-0.3, -0.25) is 0 Å². The maximum absolute atomic E-state index is 12.6. The smallest absolute Gasteiger partial charge is 0.336 e. The van der Waals surface area contributed by atoms with Crippen LogP contribution in [-0.2, 0) is 15.7 Å². The zero-order chi connectivity index (χ0) is 29.1. The lowest BCUT2D eigenvalue weighted by Crippen LogP contribution is -2.34. The van der Waals surface area contributed by atoms with Crippen LogP contribution in [0.5, 0.6) is 0 Å². The van der Waals surface area contributed by atoms with Crippen molar-refractivity contribution in [3.63, 3.8) is 0 Å². The zero-order valence-electron chi connectivity index (χ0n) is 25.0. The number of hydrogen-bond acceptors (Lipinski definition) is 6. The summed E-state index contributed by atoms with van der Waals surface area (Å²) in [5, 5.41) is 0.884. The Labute approximate surface area is 244 Å². The molecule has 0 bridgehead atoms. The Morgan fingerprint density at radius 1 is 0.829 bits per heavy atom. The van der Waals surface area contributed by atoms with E-state index in [2.05, 4.69) is 106 Å². The van der Waals surface area contributed by atoms with Crippen molar-refractivity contribution in [3.8, 4) is 11.1 Å². The van der Waals surface area contributed by atoms with Crippen molar-refractivity contribution < 1.29 is 13.5 Å². The first-order valence-corrected chi connectivity index (χ1v) is 15.8. The van der Waals surface area contributed by atoms with Crippen molar-refractivity contribution in [2.24, 2.45) is 0 Å². The quantitative estimate of drug-likeness (QED) is 0.126. The van der Waals surface area contributed by atoms with Crippen LogP contribution in [0.15, 0.2) is 82.0 Å². The van der Waals surface area contributed by atoms with E-state index in [0.717, 1.165) is 29.7 Å². The Hall–Kier alpha value is -3.02. The largest absolute Gasteiger partial charge is 0.423 e. The van der Waals surface area contributed by atoms with Crippen LogP contribution in [0.3, 0.4) is 0 Å². The van der Waals surface area contributed by atoms with Gasteiger partial charge >= 0.3 is 5.63 Å². The molecule has 4 aromatic rings. The fourth-order valence-corrected chi connectivity index (χ4v) is 7.59. The molecule has 41 heavy (non-hydrogen) atoms. The van der Waals surface area contributed by atoms with Crippen LogP contribution in [0, 0.1) is 0 Å². The summed E-state index contributed by atoms with van der Waals surface area (Å²) >= 11 is 0. The third-order valence-electron chi connectivity index (χ3n) is 7.83. The van der Waals surface area contributed by atoms with Gasteiger partial charge in [0.05, 0.1) is 13.2 Å². The summed E-state index contributed by atoms with van der Waals surface area (Å²) in [4.78, 5) is 14.8. The number of benzene rings is 3. The predicted molar refractivity (Wildman–Crippen MR) is 170 cm³/mol. The molecule has 0 spiro atoms. The van der Waals surface area contributed by atoms with Gasteiger partial charge in [-0.25, -0.2) is 9.46 Å². The Morgan fingerprint density at radius 2 is 1.44 bits per heavy atom. The summed E-state index contributed by atoms with van der Waals surface area (Å²) in [7, 11) is -1.42. The van der Waals surface area contributed by atoms with E-state index >= 15 is 0 Å². The van der Waals surface area contributed by atoms with E-state index in [1.165, 1.54) is 22.3 Å². The molecule has 1 heterocycles. The van der Waals surface area contributed by atoms with E-state index in [9.17, 15) is 4.79 Å². The van der Waals surface area contributed by atoms with Gasteiger partial charge < -0.3 is 18.4 Å². The molecule has 1 aliphatic carbocycles. The molecule has 0 fully saturated rings. The molecular formula is C34H41N2O4P. The van der Waals surface area contributed by atoms with Crippen molar-refractivity contribution in [2.45, 2.75) is 66.2 Å². The molecule has 6 nitrogen and oxygen atoms in total. The molecule has 216 valence electrons. The molecule has 1 unspecified atom stereocenters. The second kappa shape index (κ2) is 12.9. The summed E-state index contributed by atoms with van der Waals surface area (Å²) in [6.07, 6.45) is 0. The van der Waals surface area contributed by atoms with Crippen molar-refractivity contribution in [1.29, 1.82) is 0 Å². The highest BCUT2D eigenvalue weighted by atomic mass is 31.2. The number of hydrogen-bond donors (Lipinski definition) is 0. The molecule has 5 rings (SSSR count). The number of fused-ring (bicyclic) bond motifs is 4. The molecule has 0 amide bonds. The molecule has 0 saturated heterocycles. The average molecular weight is 573 g/mol. The summed E-state index contributed by atoms with van der Waals surface area (Å²) in [6.45, 7) is 15.5. The molecule has 3 aromatic carbocycles. The summed E-state index contributed by atoms with van der Waals surface area (Å²) < 4.78 is 21.3. The molecule has 1 aliphatic rings. The van der Waals surface area contributed by atoms with E-state index in [1.807, 2.05) is 12.1 Å². The monoisotopic (exact) mass is 572 g/mol. The van der Waals surface area contributed by atoms with E-state index < -0.39 is 8.53 Å². The van der Waals surface area contributed by atoms with Crippen LogP contribution in [0.2, 0.25) is 0 Å². The minimum Gasteiger partial charge on any atom is -0.423 e. The third-order valence-corrected chi connectivity index (χ3v) is 9.85. The van der Waals surface area contributed by atoms with Gasteiger partial charge in [0.15, 0.2) is 0 Å². The molecule has 0 radical (unpaired) electrons. The van der Waals surface area contributed by atoms with E-state index in [0.29, 0.717) is 12.2 Å². The van der Waals surface area contributed by atoms with E-state index in [1.54, 1.807) is 6.07 Å². The standard InChI is InChI=1S/C34H41N2O4P/c1-7-35(8-2)26-17-18-27-25(19-34(37)40-33(27)20-26)21-38-41(36(23(3)4)24(5)6)39-22-32-30-15-11-9-13-28(30)29-14-10-12-16-31(29)32/h9-20,23-24,32H,7-8,21-22H2,1-6H3. The summed E-state index contributed by atoms with van der Waals surface area (Å²) in [5.41, 5.74) is 7.19. The Balaban J connectivity index is 1.42. The minimum absolute atomic E-state index is 0.139. The van der Waals surface area contributed by atoms with Gasteiger partial charge in [0.2, 0.25) is 0 Å². The topological polar surface area (TPSA) is 55.2 Å². The zero-order valence-corrected chi connectivity index (χ0v) is 25.9. The Morgan fingerprint density at radius 3 is 2.02 bits per heavy atom. The third kappa shape index (κ3) is 6.12. The van der Waals surface area contributed by atoms with Crippen LogP contribution in [-0.4, -0.2) is 36.5 Å². The highest BCUT2D eigenvalue weighted by Crippen LogP contribution is 2.51. The molecule has 0 saturated carbocycles. The van der Waals surface area contributed by atoms with Crippen molar-refractivity contribution in [2.75, 3.05) is 24.6 Å². The molecule has 7 heteroatoms. The van der Waals surface area contributed by atoms with Gasteiger partial charge in [-0.1, -0.05) is 48.5 Å². The van der Waals surface area contributed by atoms with Gasteiger partial charge in [0.25, 0.3) is 8.53 Å². The first kappa shape index (κ1) is 29.5. The van der Waals surface area contributed by atoms with Gasteiger partial charge in [0, 0.05) is 54.3 Å². The van der Waals surface area contributed by atoms with Crippen LogP contribution >= 0.6 is 8.53 Å².